The number of rotatable bonds is 3. The van der Waals surface area contributed by atoms with Crippen molar-refractivity contribution in [3.8, 4) is 12.8 Å². The molecule has 6 heteroatoms. The lowest BCUT2D eigenvalue weighted by atomic mass is 9.72. The van der Waals surface area contributed by atoms with Crippen molar-refractivity contribution >= 4 is 29.2 Å². The van der Waals surface area contributed by atoms with Crippen LogP contribution in [0.2, 0.25) is 0 Å². The van der Waals surface area contributed by atoms with Crippen LogP contribution in [0.25, 0.3) is 0 Å². The maximum atomic E-state index is 12.2. The number of nitrogens with zero attached hydrogens (tertiary/aromatic N) is 1. The van der Waals surface area contributed by atoms with Gasteiger partial charge in [0.25, 0.3) is 0 Å². The first-order valence-corrected chi connectivity index (χ1v) is 6.76. The summed E-state index contributed by atoms with van der Waals surface area (Å²) >= 11 is 1.63. The SMILES string of the molecule is C#C.CC(=O)C(=N)C1(CN)C(=O)N2CC(C)(C)SC21. The summed E-state index contributed by atoms with van der Waals surface area (Å²) in [6.45, 7) is 6.13. The number of nitrogens with one attached hydrogen (secondary N) is 1. The molecule has 2 unspecified atom stereocenters. The van der Waals surface area contributed by atoms with Gasteiger partial charge in [0, 0.05) is 24.8 Å². The third-order valence-corrected chi connectivity index (χ3v) is 5.10. The first-order valence-electron chi connectivity index (χ1n) is 5.88. The highest BCUT2D eigenvalue weighted by Gasteiger charge is 2.68. The summed E-state index contributed by atoms with van der Waals surface area (Å²) in [5.74, 6) is -0.531. The monoisotopic (exact) mass is 281 g/mol. The number of hydrogen-bond donors (Lipinski definition) is 2. The van der Waals surface area contributed by atoms with Crippen molar-refractivity contribution in [1.82, 2.24) is 4.90 Å². The minimum atomic E-state index is -1.08. The summed E-state index contributed by atoms with van der Waals surface area (Å²) in [4.78, 5) is 25.3. The smallest absolute Gasteiger partial charge is 0.240 e. The number of nitrogens with two attached hydrogens (primary N) is 1. The number of fused-ring (bicyclic) bond motifs is 1. The molecule has 0 radical (unpaired) electrons. The number of thioether (sulfide) groups is 1. The number of ketones is 1. The maximum Gasteiger partial charge on any atom is 0.240 e. The second kappa shape index (κ2) is 4.99. The fourth-order valence-electron chi connectivity index (χ4n) is 2.57. The summed E-state index contributed by atoms with van der Waals surface area (Å²) < 4.78 is -0.0334. The molecule has 0 aromatic carbocycles. The van der Waals surface area contributed by atoms with Crippen molar-refractivity contribution in [2.45, 2.75) is 30.9 Å². The Morgan fingerprint density at radius 3 is 2.53 bits per heavy atom. The molecule has 0 saturated carbocycles. The zero-order chi connectivity index (χ0) is 15.0. The number of terminal acetylenes is 1. The molecule has 2 heterocycles. The van der Waals surface area contributed by atoms with Crippen molar-refractivity contribution < 1.29 is 9.59 Å². The first kappa shape index (κ1) is 15.7. The van der Waals surface area contributed by atoms with Gasteiger partial charge in [-0.25, -0.2) is 0 Å². The highest BCUT2D eigenvalue weighted by atomic mass is 32.2. The van der Waals surface area contributed by atoms with Gasteiger partial charge in [0.2, 0.25) is 5.91 Å². The van der Waals surface area contributed by atoms with Crippen molar-refractivity contribution in [3.05, 3.63) is 0 Å². The molecule has 2 fully saturated rings. The van der Waals surface area contributed by atoms with Crippen molar-refractivity contribution in [2.24, 2.45) is 11.1 Å². The molecule has 0 bridgehead atoms. The van der Waals surface area contributed by atoms with Crippen molar-refractivity contribution in [1.29, 1.82) is 5.41 Å². The lowest BCUT2D eigenvalue weighted by Crippen LogP contribution is -2.72. The molecule has 5 nitrogen and oxygen atoms in total. The molecule has 2 saturated heterocycles. The Bertz CT molecular complexity index is 458. The van der Waals surface area contributed by atoms with Crippen LogP contribution in [-0.4, -0.2) is 45.5 Å². The highest BCUT2D eigenvalue weighted by Crippen LogP contribution is 2.55. The highest BCUT2D eigenvalue weighted by molar-refractivity contribution is 8.01. The predicted molar refractivity (Wildman–Crippen MR) is 77.0 cm³/mol. The molecular formula is C13H19N3O2S. The van der Waals surface area contributed by atoms with Gasteiger partial charge in [-0.2, -0.15) is 0 Å². The van der Waals surface area contributed by atoms with E-state index in [2.05, 4.69) is 26.7 Å². The van der Waals surface area contributed by atoms with Crippen LogP contribution in [0.5, 0.6) is 0 Å². The van der Waals surface area contributed by atoms with Crippen LogP contribution in [-0.2, 0) is 9.59 Å². The van der Waals surface area contributed by atoms with E-state index < -0.39 is 5.41 Å². The van der Waals surface area contributed by atoms with Crippen LogP contribution >= 0.6 is 11.8 Å². The van der Waals surface area contributed by atoms with Crippen LogP contribution < -0.4 is 5.73 Å². The Hall–Kier alpha value is -1.32. The van der Waals surface area contributed by atoms with E-state index in [1.807, 2.05) is 0 Å². The third-order valence-electron chi connectivity index (χ3n) is 3.45. The zero-order valence-electron chi connectivity index (χ0n) is 11.4. The molecule has 1 amide bonds. The Balaban J connectivity index is 0.000000861. The van der Waals surface area contributed by atoms with Gasteiger partial charge in [0.05, 0.1) is 11.1 Å². The third kappa shape index (κ3) is 2.07. The number of carbonyl (C=O) groups excluding carboxylic acids is 2. The minimum absolute atomic E-state index is 0.0334. The van der Waals surface area contributed by atoms with Crippen LogP contribution in [0.15, 0.2) is 0 Å². The lowest BCUT2D eigenvalue weighted by molar-refractivity contribution is -0.154. The molecule has 3 N–H and O–H groups in total. The Kier molecular flexibility index (Phi) is 4.13. The predicted octanol–water partition coefficient (Wildman–Crippen LogP) is 0.483. The van der Waals surface area contributed by atoms with E-state index in [1.54, 1.807) is 16.7 Å². The van der Waals surface area contributed by atoms with Crippen LogP contribution in [0.1, 0.15) is 20.8 Å². The summed E-state index contributed by atoms with van der Waals surface area (Å²) in [6, 6.07) is 0. The summed E-state index contributed by atoms with van der Waals surface area (Å²) in [5, 5.41) is 7.72. The summed E-state index contributed by atoms with van der Waals surface area (Å²) in [5.41, 5.74) is 4.47. The largest absolute Gasteiger partial charge is 0.329 e. The number of carbonyl (C=O) groups is 2. The van der Waals surface area contributed by atoms with E-state index in [0.717, 1.165) is 0 Å². The number of amides is 1. The van der Waals surface area contributed by atoms with Gasteiger partial charge in [-0.05, 0) is 13.8 Å². The minimum Gasteiger partial charge on any atom is -0.329 e. The molecule has 2 rings (SSSR count). The molecule has 2 atom stereocenters. The summed E-state index contributed by atoms with van der Waals surface area (Å²) in [6.07, 6.45) is 8.00. The molecule has 0 aliphatic carbocycles. The first-order chi connectivity index (χ1) is 8.76. The number of Topliss-reactive ketones (excluding diaryl/α,β-unsaturated/α-hetero) is 1. The van der Waals surface area contributed by atoms with Gasteiger partial charge in [-0.15, -0.1) is 24.6 Å². The maximum absolute atomic E-state index is 12.2. The molecule has 2 aliphatic rings. The van der Waals surface area contributed by atoms with Gasteiger partial charge in [0.15, 0.2) is 5.78 Å². The second-order valence-electron chi connectivity index (χ2n) is 5.27. The second-order valence-corrected chi connectivity index (χ2v) is 7.06. The normalized spacial score (nSPS) is 30.7. The van der Waals surface area contributed by atoms with Gasteiger partial charge >= 0.3 is 0 Å². The van der Waals surface area contributed by atoms with Gasteiger partial charge < -0.3 is 16.0 Å². The fourth-order valence-corrected chi connectivity index (χ4v) is 4.20. The van der Waals surface area contributed by atoms with Gasteiger partial charge in [0.1, 0.15) is 5.41 Å². The molecule has 104 valence electrons. The van der Waals surface area contributed by atoms with Crippen molar-refractivity contribution in [3.63, 3.8) is 0 Å². The Labute approximate surface area is 117 Å². The standard InChI is InChI=1S/C11H17N3O2S.C2H2/c1-6(15)7(13)11(4-12)8(16)14-5-10(2,3)17-9(11)14;1-2/h9,13H,4-5,12H2,1-3H3;1-2H. The van der Waals surface area contributed by atoms with E-state index in [-0.39, 0.29) is 34.1 Å². The molecular weight excluding hydrogens is 262 g/mol. The van der Waals surface area contributed by atoms with Crippen LogP contribution in [0.4, 0.5) is 0 Å². The Morgan fingerprint density at radius 2 is 2.11 bits per heavy atom. The average molecular weight is 281 g/mol. The zero-order valence-corrected chi connectivity index (χ0v) is 12.2. The van der Waals surface area contributed by atoms with Crippen LogP contribution in [0, 0.1) is 23.7 Å². The lowest BCUT2D eigenvalue weighted by Gasteiger charge is -2.51. The van der Waals surface area contributed by atoms with Crippen LogP contribution in [0.3, 0.4) is 0 Å². The van der Waals surface area contributed by atoms with E-state index >= 15 is 0 Å². The Morgan fingerprint density at radius 1 is 1.58 bits per heavy atom. The van der Waals surface area contributed by atoms with E-state index in [9.17, 15) is 9.59 Å². The molecule has 2 aliphatic heterocycles. The van der Waals surface area contributed by atoms with E-state index in [1.165, 1.54) is 6.92 Å². The van der Waals surface area contributed by atoms with E-state index in [4.69, 9.17) is 11.1 Å². The molecule has 0 aromatic rings. The fraction of sp³-hybridized carbons (Fsp3) is 0.615. The topological polar surface area (TPSA) is 87.2 Å². The molecule has 0 spiro atoms. The molecule has 0 aromatic heterocycles. The average Bonchev–Trinajstić information content (AvgIpc) is 2.66. The van der Waals surface area contributed by atoms with Gasteiger partial charge in [-0.1, -0.05) is 0 Å². The molecule has 19 heavy (non-hydrogen) atoms. The quantitative estimate of drug-likeness (QED) is 0.447. The number of hydrogen-bond acceptors (Lipinski definition) is 5. The number of β-lactam (4-membered cyclic amide) rings is 1. The van der Waals surface area contributed by atoms with Crippen molar-refractivity contribution in [2.75, 3.05) is 13.1 Å². The van der Waals surface area contributed by atoms with Gasteiger partial charge in [-0.3, -0.25) is 9.59 Å². The van der Waals surface area contributed by atoms with E-state index in [0.29, 0.717) is 6.54 Å². The summed E-state index contributed by atoms with van der Waals surface area (Å²) in [7, 11) is 0.